The van der Waals surface area contributed by atoms with Crippen LogP contribution in [0.3, 0.4) is 0 Å². The minimum atomic E-state index is -0.928. The zero-order valence-electron chi connectivity index (χ0n) is 10.3. The Morgan fingerprint density at radius 2 is 2.00 bits per heavy atom. The summed E-state index contributed by atoms with van der Waals surface area (Å²) in [5, 5.41) is 15.2. The van der Waals surface area contributed by atoms with E-state index in [0.29, 0.717) is 6.42 Å². The summed E-state index contributed by atoms with van der Waals surface area (Å²) in [5.41, 5.74) is 11.4. The Labute approximate surface area is 111 Å². The molecule has 0 saturated carbocycles. The summed E-state index contributed by atoms with van der Waals surface area (Å²) in [4.78, 5) is 9.81. The van der Waals surface area contributed by atoms with E-state index in [4.69, 9.17) is 22.0 Å². The number of carbonyl (C=O) groups is 1. The smallest absolute Gasteiger partial charge is 0.320 e. The second kappa shape index (κ2) is 9.49. The second-order valence-electron chi connectivity index (χ2n) is 3.49. The van der Waals surface area contributed by atoms with E-state index in [1.807, 2.05) is 30.3 Å². The fraction of sp³-hybridized carbons (Fsp3) is 0.333. The Balaban J connectivity index is 0.000000360. The Kier molecular flexibility index (Phi) is 8.69. The highest BCUT2D eigenvalue weighted by molar-refractivity contribution is 8.13. The second-order valence-corrected chi connectivity index (χ2v) is 4.51. The van der Waals surface area contributed by atoms with Crippen LogP contribution >= 0.6 is 11.8 Å². The summed E-state index contributed by atoms with van der Waals surface area (Å²) >= 11 is 1.35. The minimum Gasteiger partial charge on any atom is -0.480 e. The molecular weight excluding hydrogens is 250 g/mol. The number of thioether (sulfide) groups is 1. The molecule has 100 valence electrons. The molecule has 5 nitrogen and oxygen atoms in total. The van der Waals surface area contributed by atoms with Crippen molar-refractivity contribution in [2.75, 3.05) is 0 Å². The molecule has 0 spiro atoms. The van der Waals surface area contributed by atoms with E-state index in [1.165, 1.54) is 17.3 Å². The van der Waals surface area contributed by atoms with Crippen LogP contribution in [-0.4, -0.2) is 22.3 Å². The highest BCUT2D eigenvalue weighted by atomic mass is 32.2. The van der Waals surface area contributed by atoms with Crippen LogP contribution in [0, 0.1) is 5.41 Å². The van der Waals surface area contributed by atoms with Crippen molar-refractivity contribution in [1.82, 2.24) is 0 Å². The number of aliphatic carboxylic acids is 1. The fourth-order valence-electron chi connectivity index (χ4n) is 0.910. The normalized spacial score (nSPS) is 11.0. The van der Waals surface area contributed by atoms with E-state index in [0.717, 1.165) is 5.75 Å². The summed E-state index contributed by atoms with van der Waals surface area (Å²) in [6.07, 6.45) is 0.495. The standard InChI is InChI=1S/C8H10N2S.C4H9NO2/c9-8(10)11-6-7-4-2-1-3-5-7;1-2-3(5)4(6)7/h1-5H,6H2,(H3,9,10);3H,2,5H2,1H3,(H,6,7). The molecule has 0 amide bonds. The van der Waals surface area contributed by atoms with Gasteiger partial charge in [-0.2, -0.15) is 0 Å². The van der Waals surface area contributed by atoms with Crippen LogP contribution in [0.4, 0.5) is 0 Å². The van der Waals surface area contributed by atoms with Gasteiger partial charge in [-0.05, 0) is 12.0 Å². The third kappa shape index (κ3) is 8.60. The highest BCUT2D eigenvalue weighted by Crippen LogP contribution is 2.09. The molecule has 1 unspecified atom stereocenters. The first-order valence-corrected chi connectivity index (χ1v) is 6.45. The van der Waals surface area contributed by atoms with Gasteiger partial charge in [0.2, 0.25) is 0 Å². The van der Waals surface area contributed by atoms with Gasteiger partial charge in [-0.15, -0.1) is 0 Å². The van der Waals surface area contributed by atoms with Gasteiger partial charge >= 0.3 is 5.97 Å². The van der Waals surface area contributed by atoms with E-state index < -0.39 is 12.0 Å². The van der Waals surface area contributed by atoms with Crippen LogP contribution in [0.15, 0.2) is 30.3 Å². The maximum absolute atomic E-state index is 9.81. The first-order valence-electron chi connectivity index (χ1n) is 5.46. The molecule has 1 atom stereocenters. The van der Waals surface area contributed by atoms with Crippen molar-refractivity contribution < 1.29 is 9.90 Å². The molecule has 0 radical (unpaired) electrons. The topological polar surface area (TPSA) is 113 Å². The van der Waals surface area contributed by atoms with Gasteiger partial charge in [-0.25, -0.2) is 0 Å². The monoisotopic (exact) mass is 269 g/mol. The number of hydrogen-bond donors (Lipinski definition) is 4. The first-order chi connectivity index (χ1) is 8.47. The quantitative estimate of drug-likeness (QED) is 0.490. The number of carboxylic acids is 1. The van der Waals surface area contributed by atoms with Crippen molar-refractivity contribution in [2.24, 2.45) is 11.5 Å². The largest absolute Gasteiger partial charge is 0.480 e. The lowest BCUT2D eigenvalue weighted by Gasteiger charge is -1.97. The van der Waals surface area contributed by atoms with Crippen LogP contribution in [0.1, 0.15) is 18.9 Å². The lowest BCUT2D eigenvalue weighted by molar-refractivity contribution is -0.138. The number of nitrogens with one attached hydrogen (secondary N) is 1. The molecule has 0 aliphatic rings. The maximum Gasteiger partial charge on any atom is 0.320 e. The molecule has 0 aliphatic heterocycles. The summed E-state index contributed by atoms with van der Waals surface area (Å²) < 4.78 is 0. The molecule has 0 aliphatic carbocycles. The van der Waals surface area contributed by atoms with Crippen LogP contribution in [-0.2, 0) is 10.5 Å². The SMILES string of the molecule is CCC(N)C(=O)O.N=C(N)SCc1ccccc1. The molecular formula is C12H19N3O2S. The van der Waals surface area contributed by atoms with E-state index in [2.05, 4.69) is 0 Å². The van der Waals surface area contributed by atoms with Crippen molar-refractivity contribution >= 4 is 22.9 Å². The van der Waals surface area contributed by atoms with E-state index in [-0.39, 0.29) is 5.17 Å². The van der Waals surface area contributed by atoms with Crippen LogP contribution in [0.2, 0.25) is 0 Å². The average Bonchev–Trinajstić information content (AvgIpc) is 2.37. The summed E-state index contributed by atoms with van der Waals surface area (Å²) in [6, 6.07) is 9.31. The fourth-order valence-corrected chi connectivity index (χ4v) is 1.42. The third-order valence-electron chi connectivity index (χ3n) is 1.99. The number of rotatable bonds is 4. The molecule has 0 saturated heterocycles. The predicted molar refractivity (Wildman–Crippen MR) is 75.6 cm³/mol. The molecule has 1 aromatic rings. The van der Waals surface area contributed by atoms with E-state index in [1.54, 1.807) is 6.92 Å². The zero-order valence-corrected chi connectivity index (χ0v) is 11.1. The molecule has 0 fully saturated rings. The summed E-state index contributed by atoms with van der Waals surface area (Å²) in [7, 11) is 0. The van der Waals surface area contributed by atoms with Crippen molar-refractivity contribution in [3.63, 3.8) is 0 Å². The van der Waals surface area contributed by atoms with Crippen molar-refractivity contribution in [3.05, 3.63) is 35.9 Å². The maximum atomic E-state index is 9.81. The lowest BCUT2D eigenvalue weighted by atomic mass is 10.2. The van der Waals surface area contributed by atoms with Gasteiger partial charge in [0.25, 0.3) is 0 Å². The van der Waals surface area contributed by atoms with Gasteiger partial charge < -0.3 is 16.6 Å². The van der Waals surface area contributed by atoms with E-state index in [9.17, 15) is 4.79 Å². The summed E-state index contributed by atoms with van der Waals surface area (Å²) in [6.45, 7) is 1.73. The Hall–Kier alpha value is -1.53. The van der Waals surface area contributed by atoms with Gasteiger partial charge in [-0.3, -0.25) is 10.2 Å². The molecule has 18 heavy (non-hydrogen) atoms. The number of hydrogen-bond acceptors (Lipinski definition) is 4. The van der Waals surface area contributed by atoms with Gasteiger partial charge in [0, 0.05) is 5.75 Å². The number of amidine groups is 1. The van der Waals surface area contributed by atoms with E-state index >= 15 is 0 Å². The Morgan fingerprint density at radius 3 is 2.33 bits per heavy atom. The van der Waals surface area contributed by atoms with Crippen molar-refractivity contribution in [1.29, 1.82) is 5.41 Å². The lowest BCUT2D eigenvalue weighted by Crippen LogP contribution is -2.28. The molecule has 6 heteroatoms. The third-order valence-corrected chi connectivity index (χ3v) is 2.78. The van der Waals surface area contributed by atoms with Gasteiger partial charge in [0.15, 0.2) is 5.17 Å². The molecule has 0 heterocycles. The highest BCUT2D eigenvalue weighted by Gasteiger charge is 2.05. The van der Waals surface area contributed by atoms with Crippen molar-refractivity contribution in [2.45, 2.75) is 25.1 Å². The Bertz CT molecular complexity index is 371. The first kappa shape index (κ1) is 16.5. The van der Waals surface area contributed by atoms with Gasteiger partial charge in [-0.1, -0.05) is 49.0 Å². The van der Waals surface area contributed by atoms with Gasteiger partial charge in [0.1, 0.15) is 6.04 Å². The predicted octanol–water partition coefficient (Wildman–Crippen LogP) is 1.62. The molecule has 1 rings (SSSR count). The molecule has 0 bridgehead atoms. The van der Waals surface area contributed by atoms with Crippen molar-refractivity contribution in [3.8, 4) is 0 Å². The van der Waals surface area contributed by atoms with Crippen LogP contribution in [0.25, 0.3) is 0 Å². The Morgan fingerprint density at radius 1 is 1.44 bits per heavy atom. The molecule has 1 aromatic carbocycles. The minimum absolute atomic E-state index is 0.175. The molecule has 6 N–H and O–H groups in total. The average molecular weight is 269 g/mol. The zero-order chi connectivity index (χ0) is 14.0. The number of carboxylic acid groups (broad SMARTS) is 1. The van der Waals surface area contributed by atoms with Crippen LogP contribution < -0.4 is 11.5 Å². The number of benzene rings is 1. The number of nitrogens with two attached hydrogens (primary N) is 2. The van der Waals surface area contributed by atoms with Gasteiger partial charge in [0.05, 0.1) is 0 Å². The molecule has 0 aromatic heterocycles. The summed E-state index contributed by atoms with van der Waals surface area (Å²) in [5.74, 6) is -0.140. The van der Waals surface area contributed by atoms with Crippen LogP contribution in [0.5, 0.6) is 0 Å².